The quantitative estimate of drug-likeness (QED) is 0.893. The molecule has 1 saturated carbocycles. The Kier molecular flexibility index (Phi) is 3.04. The van der Waals surface area contributed by atoms with E-state index in [0.717, 1.165) is 22.9 Å². The molecule has 0 aromatic heterocycles. The minimum atomic E-state index is -0.702. The van der Waals surface area contributed by atoms with Crippen molar-refractivity contribution in [2.75, 3.05) is 7.05 Å². The molecule has 0 spiro atoms. The summed E-state index contributed by atoms with van der Waals surface area (Å²) in [6, 6.07) is 7.71. The van der Waals surface area contributed by atoms with Crippen molar-refractivity contribution in [3.8, 4) is 0 Å². The van der Waals surface area contributed by atoms with E-state index in [4.69, 9.17) is 0 Å². The third kappa shape index (κ3) is 1.87. The van der Waals surface area contributed by atoms with Gasteiger partial charge in [-0.15, -0.1) is 0 Å². The van der Waals surface area contributed by atoms with Crippen LogP contribution in [0.5, 0.6) is 0 Å². The molecule has 1 aromatic carbocycles. The number of hydrogen-bond donors (Lipinski definition) is 2. The lowest BCUT2D eigenvalue weighted by molar-refractivity contribution is -0.144. The zero-order chi connectivity index (χ0) is 11.8. The van der Waals surface area contributed by atoms with Gasteiger partial charge in [-0.25, -0.2) is 0 Å². The monoisotopic (exact) mass is 283 g/mol. The molecule has 1 aliphatic carbocycles. The Hall–Kier alpha value is -0.870. The fourth-order valence-electron chi connectivity index (χ4n) is 2.21. The van der Waals surface area contributed by atoms with Gasteiger partial charge >= 0.3 is 5.97 Å². The number of halogens is 1. The highest BCUT2D eigenvalue weighted by Crippen LogP contribution is 2.55. The van der Waals surface area contributed by atoms with Crippen LogP contribution in [-0.2, 0) is 4.79 Å². The van der Waals surface area contributed by atoms with Crippen molar-refractivity contribution in [3.63, 3.8) is 0 Å². The van der Waals surface area contributed by atoms with Gasteiger partial charge in [-0.05, 0) is 37.6 Å². The summed E-state index contributed by atoms with van der Waals surface area (Å²) in [7, 11) is 1.81. The molecule has 0 radical (unpaired) electrons. The molecule has 0 heterocycles. The lowest BCUT2D eigenvalue weighted by Gasteiger charge is -2.23. The van der Waals surface area contributed by atoms with Crippen LogP contribution in [0.25, 0.3) is 0 Å². The van der Waals surface area contributed by atoms with Crippen LogP contribution in [0.2, 0.25) is 0 Å². The molecule has 0 bridgehead atoms. The topological polar surface area (TPSA) is 49.3 Å². The van der Waals surface area contributed by atoms with Crippen molar-refractivity contribution in [1.29, 1.82) is 0 Å². The SMILES string of the molecule is CNC(c1cccc(Br)c1)C1(C(=O)O)CC1. The smallest absolute Gasteiger partial charge is 0.311 e. The molecule has 86 valence electrons. The summed E-state index contributed by atoms with van der Waals surface area (Å²) in [6.45, 7) is 0. The molecule has 1 aromatic rings. The molecule has 4 heteroatoms. The van der Waals surface area contributed by atoms with E-state index in [-0.39, 0.29) is 6.04 Å². The number of aliphatic carboxylic acids is 1. The van der Waals surface area contributed by atoms with Crippen molar-refractivity contribution in [2.24, 2.45) is 5.41 Å². The van der Waals surface area contributed by atoms with E-state index in [9.17, 15) is 9.90 Å². The number of carbonyl (C=O) groups is 1. The minimum absolute atomic E-state index is 0.109. The maximum Gasteiger partial charge on any atom is 0.311 e. The van der Waals surface area contributed by atoms with Gasteiger partial charge in [0.05, 0.1) is 5.41 Å². The van der Waals surface area contributed by atoms with Crippen LogP contribution in [0, 0.1) is 5.41 Å². The van der Waals surface area contributed by atoms with Gasteiger partial charge in [-0.2, -0.15) is 0 Å². The lowest BCUT2D eigenvalue weighted by Crippen LogP contribution is -2.32. The summed E-state index contributed by atoms with van der Waals surface area (Å²) in [6.07, 6.45) is 1.50. The summed E-state index contributed by atoms with van der Waals surface area (Å²) in [5, 5.41) is 12.4. The largest absolute Gasteiger partial charge is 0.481 e. The van der Waals surface area contributed by atoms with E-state index in [0.29, 0.717) is 0 Å². The maximum absolute atomic E-state index is 11.3. The van der Waals surface area contributed by atoms with Gasteiger partial charge in [-0.1, -0.05) is 28.1 Å². The van der Waals surface area contributed by atoms with Crippen LogP contribution in [0.1, 0.15) is 24.4 Å². The predicted molar refractivity (Wildman–Crippen MR) is 65.2 cm³/mol. The van der Waals surface area contributed by atoms with Crippen molar-refractivity contribution >= 4 is 21.9 Å². The fourth-order valence-corrected chi connectivity index (χ4v) is 2.63. The maximum atomic E-state index is 11.3. The first-order valence-corrected chi connectivity index (χ1v) is 6.05. The van der Waals surface area contributed by atoms with Crippen LogP contribution in [-0.4, -0.2) is 18.1 Å². The molecule has 1 aliphatic rings. The normalized spacial score (nSPS) is 19.1. The Balaban J connectivity index is 2.33. The van der Waals surface area contributed by atoms with Crippen LogP contribution < -0.4 is 5.32 Å². The number of rotatable bonds is 4. The summed E-state index contributed by atoms with van der Waals surface area (Å²) >= 11 is 3.41. The molecule has 0 amide bonds. The summed E-state index contributed by atoms with van der Waals surface area (Å²) in [5.41, 5.74) is 0.423. The third-order valence-electron chi connectivity index (χ3n) is 3.24. The second kappa shape index (κ2) is 4.18. The fraction of sp³-hybridized carbons (Fsp3) is 0.417. The molecule has 1 atom stereocenters. The van der Waals surface area contributed by atoms with E-state index >= 15 is 0 Å². The molecule has 2 N–H and O–H groups in total. The molecule has 2 rings (SSSR count). The molecular formula is C12H14BrNO2. The first-order valence-electron chi connectivity index (χ1n) is 5.26. The summed E-state index contributed by atoms with van der Waals surface area (Å²) in [5.74, 6) is -0.702. The summed E-state index contributed by atoms with van der Waals surface area (Å²) < 4.78 is 0.978. The predicted octanol–water partition coefficient (Wildman–Crippen LogP) is 2.57. The molecular weight excluding hydrogens is 270 g/mol. The minimum Gasteiger partial charge on any atom is -0.481 e. The van der Waals surface area contributed by atoms with Crippen molar-refractivity contribution in [3.05, 3.63) is 34.3 Å². The van der Waals surface area contributed by atoms with Crippen LogP contribution in [0.3, 0.4) is 0 Å². The summed E-state index contributed by atoms with van der Waals surface area (Å²) in [4.78, 5) is 11.3. The van der Waals surface area contributed by atoms with E-state index in [1.165, 1.54) is 0 Å². The Labute approximate surface area is 103 Å². The number of carboxylic acids is 1. The van der Waals surface area contributed by atoms with Crippen LogP contribution >= 0.6 is 15.9 Å². The zero-order valence-electron chi connectivity index (χ0n) is 9.03. The highest BCUT2D eigenvalue weighted by molar-refractivity contribution is 9.10. The lowest BCUT2D eigenvalue weighted by atomic mass is 9.90. The number of nitrogens with one attached hydrogen (secondary N) is 1. The van der Waals surface area contributed by atoms with Gasteiger partial charge in [0, 0.05) is 10.5 Å². The Morgan fingerprint density at radius 3 is 2.69 bits per heavy atom. The van der Waals surface area contributed by atoms with Gasteiger partial charge < -0.3 is 10.4 Å². The zero-order valence-corrected chi connectivity index (χ0v) is 10.6. The molecule has 3 nitrogen and oxygen atoms in total. The van der Waals surface area contributed by atoms with Crippen LogP contribution in [0.15, 0.2) is 28.7 Å². The molecule has 1 fully saturated rings. The highest BCUT2D eigenvalue weighted by atomic mass is 79.9. The number of hydrogen-bond acceptors (Lipinski definition) is 2. The number of carboxylic acid groups (broad SMARTS) is 1. The molecule has 0 saturated heterocycles. The van der Waals surface area contributed by atoms with Crippen molar-refractivity contribution < 1.29 is 9.90 Å². The first kappa shape index (κ1) is 11.6. The van der Waals surface area contributed by atoms with Gasteiger partial charge in [0.15, 0.2) is 0 Å². The average Bonchev–Trinajstić information content (AvgIpc) is 3.00. The van der Waals surface area contributed by atoms with Gasteiger partial charge in [0.25, 0.3) is 0 Å². The van der Waals surface area contributed by atoms with Crippen LogP contribution in [0.4, 0.5) is 0 Å². The van der Waals surface area contributed by atoms with Gasteiger partial charge in [0.1, 0.15) is 0 Å². The Bertz CT molecular complexity index is 415. The molecule has 16 heavy (non-hydrogen) atoms. The molecule has 0 aliphatic heterocycles. The van der Waals surface area contributed by atoms with E-state index in [1.54, 1.807) is 0 Å². The average molecular weight is 284 g/mol. The first-order chi connectivity index (χ1) is 7.60. The number of benzene rings is 1. The second-order valence-corrected chi connectivity index (χ2v) is 5.15. The van der Waals surface area contributed by atoms with E-state index < -0.39 is 11.4 Å². The third-order valence-corrected chi connectivity index (χ3v) is 3.73. The molecule has 1 unspecified atom stereocenters. The van der Waals surface area contributed by atoms with Gasteiger partial charge in [0.2, 0.25) is 0 Å². The van der Waals surface area contributed by atoms with Gasteiger partial charge in [-0.3, -0.25) is 4.79 Å². The highest BCUT2D eigenvalue weighted by Gasteiger charge is 2.56. The Morgan fingerprint density at radius 1 is 1.56 bits per heavy atom. The van der Waals surface area contributed by atoms with Crippen molar-refractivity contribution in [1.82, 2.24) is 5.32 Å². The van der Waals surface area contributed by atoms with Crippen molar-refractivity contribution in [2.45, 2.75) is 18.9 Å². The van der Waals surface area contributed by atoms with E-state index in [1.807, 2.05) is 31.3 Å². The van der Waals surface area contributed by atoms with E-state index in [2.05, 4.69) is 21.2 Å². The standard InChI is InChI=1S/C12H14BrNO2/c1-14-10(12(5-6-12)11(15)16)8-3-2-4-9(13)7-8/h2-4,7,10,14H,5-6H2,1H3,(H,15,16). The second-order valence-electron chi connectivity index (χ2n) is 4.24. The Morgan fingerprint density at radius 2 is 2.25 bits per heavy atom.